The van der Waals surface area contributed by atoms with Crippen molar-refractivity contribution in [3.05, 3.63) is 133 Å². The highest BCUT2D eigenvalue weighted by molar-refractivity contribution is 7.07. The number of hydrogen-bond acceptors (Lipinski definition) is 7. The Hall–Kier alpha value is -5.15. The highest BCUT2D eigenvalue weighted by Gasteiger charge is 2.36. The Labute approximate surface area is 277 Å². The summed E-state index contributed by atoms with van der Waals surface area (Å²) in [5, 5.41) is 2.29. The van der Waals surface area contributed by atoms with Crippen LogP contribution in [0.1, 0.15) is 43.5 Å². The van der Waals surface area contributed by atoms with Crippen LogP contribution in [0.3, 0.4) is 0 Å². The van der Waals surface area contributed by atoms with E-state index in [1.165, 1.54) is 11.3 Å². The second-order valence-electron chi connectivity index (χ2n) is 11.1. The summed E-state index contributed by atoms with van der Waals surface area (Å²) in [5.41, 5.74) is 3.21. The van der Waals surface area contributed by atoms with E-state index in [1.54, 1.807) is 35.8 Å². The van der Waals surface area contributed by atoms with Crippen LogP contribution in [0.15, 0.2) is 106 Å². The highest BCUT2D eigenvalue weighted by atomic mass is 32.1. The van der Waals surface area contributed by atoms with Crippen molar-refractivity contribution in [3.8, 4) is 17.2 Å². The minimum Gasteiger partial charge on any atom is -0.497 e. The summed E-state index contributed by atoms with van der Waals surface area (Å²) in [7, 11) is 3.16. The monoisotopic (exact) mass is 647 g/mol. The summed E-state index contributed by atoms with van der Waals surface area (Å²) in [6, 6.07) is 26.7. The Kier molecular flexibility index (Phi) is 9.26. The predicted molar refractivity (Wildman–Crippen MR) is 186 cm³/mol. The normalized spacial score (nSPS) is 14.5. The van der Waals surface area contributed by atoms with E-state index in [-0.39, 0.29) is 11.5 Å². The summed E-state index contributed by atoms with van der Waals surface area (Å²) in [6.45, 7) is 7.12. The van der Waals surface area contributed by atoms with E-state index in [9.17, 15) is 9.59 Å². The largest absolute Gasteiger partial charge is 0.497 e. The second kappa shape index (κ2) is 13.7. The SMILES string of the molecule is CCN(CC)C(=O)C1=C(C)N=c2s/c(=C/c3ccccc3OCc3cccc4ccccc34)c(=O)n2[C@@H]1c1cc(OC)ccc1OC. The molecule has 9 heteroatoms. The lowest BCUT2D eigenvalue weighted by Crippen LogP contribution is -2.43. The average molecular weight is 648 g/mol. The number of likely N-dealkylation sites (N-methyl/N-ethyl adjacent to an activating group) is 1. The molecule has 1 atom stereocenters. The fourth-order valence-corrected chi connectivity index (χ4v) is 7.11. The number of methoxy groups -OCH3 is 2. The van der Waals surface area contributed by atoms with E-state index in [0.29, 0.717) is 63.1 Å². The summed E-state index contributed by atoms with van der Waals surface area (Å²) in [6.07, 6.45) is 1.84. The molecule has 5 aromatic rings. The van der Waals surface area contributed by atoms with Crippen molar-refractivity contribution in [3.63, 3.8) is 0 Å². The molecule has 0 aliphatic carbocycles. The Balaban J connectivity index is 1.47. The van der Waals surface area contributed by atoms with Crippen molar-refractivity contribution < 1.29 is 19.0 Å². The lowest BCUT2D eigenvalue weighted by atomic mass is 9.93. The number of allylic oxidation sites excluding steroid dienone is 1. The first-order valence-corrected chi connectivity index (χ1v) is 16.4. The van der Waals surface area contributed by atoms with Crippen LogP contribution in [0.25, 0.3) is 16.8 Å². The molecule has 0 N–H and O–H groups in total. The molecule has 1 aliphatic rings. The van der Waals surface area contributed by atoms with Crippen LogP contribution in [0.4, 0.5) is 0 Å². The molecular formula is C38H37N3O5S. The molecule has 0 radical (unpaired) electrons. The topological polar surface area (TPSA) is 82.4 Å². The van der Waals surface area contributed by atoms with Crippen LogP contribution in [-0.2, 0) is 11.4 Å². The van der Waals surface area contributed by atoms with E-state index in [4.69, 9.17) is 19.2 Å². The van der Waals surface area contributed by atoms with Crippen molar-refractivity contribution in [2.75, 3.05) is 27.3 Å². The zero-order chi connectivity index (χ0) is 33.1. The molecule has 47 heavy (non-hydrogen) atoms. The summed E-state index contributed by atoms with van der Waals surface area (Å²) < 4.78 is 19.8. The van der Waals surface area contributed by atoms with E-state index in [0.717, 1.165) is 21.9 Å². The Morgan fingerprint density at radius 3 is 2.45 bits per heavy atom. The van der Waals surface area contributed by atoms with Gasteiger partial charge in [-0.05, 0) is 67.4 Å². The minimum atomic E-state index is -0.774. The summed E-state index contributed by atoms with van der Waals surface area (Å²) >= 11 is 1.28. The average Bonchev–Trinajstić information content (AvgIpc) is 3.40. The molecule has 0 saturated carbocycles. The number of rotatable bonds is 10. The number of para-hydroxylation sites is 1. The van der Waals surface area contributed by atoms with E-state index < -0.39 is 6.04 Å². The van der Waals surface area contributed by atoms with Crippen LogP contribution in [0, 0.1) is 0 Å². The van der Waals surface area contributed by atoms with Crippen molar-refractivity contribution in [2.24, 2.45) is 4.99 Å². The van der Waals surface area contributed by atoms with Gasteiger partial charge in [0.05, 0.1) is 30.0 Å². The maximum Gasteiger partial charge on any atom is 0.271 e. The number of benzene rings is 4. The number of aromatic nitrogens is 1. The fourth-order valence-electron chi connectivity index (χ4n) is 6.07. The quantitative estimate of drug-likeness (QED) is 0.190. The van der Waals surface area contributed by atoms with Gasteiger partial charge >= 0.3 is 0 Å². The lowest BCUT2D eigenvalue weighted by molar-refractivity contribution is -0.127. The van der Waals surface area contributed by atoms with Crippen molar-refractivity contribution in [2.45, 2.75) is 33.4 Å². The van der Waals surface area contributed by atoms with E-state index in [2.05, 4.69) is 24.3 Å². The Bertz CT molecular complexity index is 2170. The third-order valence-corrected chi connectivity index (χ3v) is 9.49. The van der Waals surface area contributed by atoms with Gasteiger partial charge in [-0.3, -0.25) is 14.2 Å². The molecule has 0 saturated heterocycles. The second-order valence-corrected chi connectivity index (χ2v) is 12.1. The molecule has 2 heterocycles. The molecule has 8 nitrogen and oxygen atoms in total. The molecule has 1 aromatic heterocycles. The van der Waals surface area contributed by atoms with Gasteiger partial charge in [-0.15, -0.1) is 0 Å². The van der Waals surface area contributed by atoms with Gasteiger partial charge in [0.25, 0.3) is 11.5 Å². The first kappa shape index (κ1) is 31.8. The zero-order valence-electron chi connectivity index (χ0n) is 27.2. The lowest BCUT2D eigenvalue weighted by Gasteiger charge is -2.30. The van der Waals surface area contributed by atoms with Gasteiger partial charge in [0, 0.05) is 24.2 Å². The van der Waals surface area contributed by atoms with Gasteiger partial charge < -0.3 is 19.1 Å². The molecule has 0 bridgehead atoms. The smallest absolute Gasteiger partial charge is 0.271 e. The van der Waals surface area contributed by atoms with Crippen LogP contribution in [0.2, 0.25) is 0 Å². The maximum absolute atomic E-state index is 14.4. The molecular weight excluding hydrogens is 611 g/mol. The number of thiazole rings is 1. The zero-order valence-corrected chi connectivity index (χ0v) is 28.0. The molecule has 0 spiro atoms. The number of carbonyl (C=O) groups is 1. The molecule has 4 aromatic carbocycles. The first-order valence-electron chi connectivity index (χ1n) is 15.6. The van der Waals surface area contributed by atoms with Gasteiger partial charge in [-0.25, -0.2) is 4.99 Å². The van der Waals surface area contributed by atoms with Gasteiger partial charge in [0.15, 0.2) is 4.80 Å². The number of hydrogen-bond donors (Lipinski definition) is 0. The van der Waals surface area contributed by atoms with Crippen LogP contribution < -0.4 is 29.1 Å². The van der Waals surface area contributed by atoms with Gasteiger partial charge in [0.1, 0.15) is 29.9 Å². The van der Waals surface area contributed by atoms with E-state index >= 15 is 0 Å². The van der Waals surface area contributed by atoms with Crippen LogP contribution in [0.5, 0.6) is 17.2 Å². The predicted octanol–water partition coefficient (Wildman–Crippen LogP) is 5.85. The maximum atomic E-state index is 14.4. The Morgan fingerprint density at radius 2 is 1.68 bits per heavy atom. The number of carbonyl (C=O) groups excluding carboxylic acids is 1. The molecule has 0 unspecified atom stereocenters. The van der Waals surface area contributed by atoms with Crippen molar-refractivity contribution in [1.82, 2.24) is 9.47 Å². The van der Waals surface area contributed by atoms with Gasteiger partial charge in [0.2, 0.25) is 0 Å². The van der Waals surface area contributed by atoms with Crippen LogP contribution in [-0.4, -0.2) is 42.7 Å². The van der Waals surface area contributed by atoms with Gasteiger partial charge in [-0.2, -0.15) is 0 Å². The van der Waals surface area contributed by atoms with Crippen molar-refractivity contribution in [1.29, 1.82) is 0 Å². The number of fused-ring (bicyclic) bond motifs is 2. The van der Waals surface area contributed by atoms with Gasteiger partial charge in [-0.1, -0.05) is 72.0 Å². The van der Waals surface area contributed by atoms with Crippen LogP contribution >= 0.6 is 11.3 Å². The minimum absolute atomic E-state index is 0.174. The third kappa shape index (κ3) is 6.06. The standard InChI is InChI=1S/C38H37N3O5S/c1-6-40(7-2)37(43)34-24(3)39-38-41(35(34)30-22-28(44-4)19-20-32(30)45-5)36(42)33(47-38)21-26-14-9-11-18-31(26)46-23-27-16-12-15-25-13-8-10-17-29(25)27/h8-22,35H,6-7,23H2,1-5H3/b33-21+/t35-/m1/s1. The number of amides is 1. The fraction of sp³-hybridized carbons (Fsp3) is 0.237. The molecule has 1 aliphatic heterocycles. The first-order chi connectivity index (χ1) is 22.9. The Morgan fingerprint density at radius 1 is 0.936 bits per heavy atom. The number of nitrogens with zero attached hydrogens (tertiary/aromatic N) is 3. The molecule has 0 fully saturated rings. The highest BCUT2D eigenvalue weighted by Crippen LogP contribution is 2.38. The van der Waals surface area contributed by atoms with Crippen molar-refractivity contribution >= 4 is 34.1 Å². The summed E-state index contributed by atoms with van der Waals surface area (Å²) in [4.78, 5) is 35.5. The molecule has 6 rings (SSSR count). The third-order valence-electron chi connectivity index (χ3n) is 8.50. The molecule has 1 amide bonds. The molecule has 240 valence electrons. The summed E-state index contributed by atoms with van der Waals surface area (Å²) in [5.74, 6) is 1.61. The number of ether oxygens (including phenoxy) is 3. The van der Waals surface area contributed by atoms with E-state index in [1.807, 2.05) is 75.4 Å².